The fourth-order valence-electron chi connectivity index (χ4n) is 3.04. The monoisotopic (exact) mass is 314 g/mol. The number of hydrogen-bond donors (Lipinski definition) is 3. The lowest BCUT2D eigenvalue weighted by Crippen LogP contribution is -2.19. The fourth-order valence-corrected chi connectivity index (χ4v) is 3.04. The molecule has 0 saturated heterocycles. The van der Waals surface area contributed by atoms with Crippen molar-refractivity contribution in [2.24, 2.45) is 11.8 Å². The molecule has 2 fully saturated rings. The van der Waals surface area contributed by atoms with Gasteiger partial charge in [-0.3, -0.25) is 15.1 Å². The third-order valence-electron chi connectivity index (χ3n) is 4.93. The zero-order chi connectivity index (χ0) is 16.0. The van der Waals surface area contributed by atoms with E-state index < -0.39 is 0 Å². The number of nitrogens with one attached hydrogen (secondary N) is 3. The van der Waals surface area contributed by atoms with Crippen molar-refractivity contribution in [2.45, 2.75) is 45.1 Å². The molecule has 3 atom stereocenters. The molecule has 0 spiro atoms. The number of aromatic amines is 1. The molecule has 7 heteroatoms. The summed E-state index contributed by atoms with van der Waals surface area (Å²) < 4.78 is 1.93. The first-order chi connectivity index (χ1) is 11.1. The van der Waals surface area contributed by atoms with Crippen molar-refractivity contribution >= 4 is 17.5 Å². The van der Waals surface area contributed by atoms with E-state index in [1.807, 2.05) is 16.9 Å². The molecule has 23 heavy (non-hydrogen) atoms. The average molecular weight is 314 g/mol. The van der Waals surface area contributed by atoms with E-state index in [4.69, 9.17) is 0 Å². The highest BCUT2D eigenvalue weighted by atomic mass is 16.2. The van der Waals surface area contributed by atoms with Crippen molar-refractivity contribution in [2.75, 3.05) is 10.6 Å². The van der Waals surface area contributed by atoms with E-state index in [-0.39, 0.29) is 6.03 Å². The first kappa shape index (κ1) is 14.3. The molecule has 0 unspecified atom stereocenters. The van der Waals surface area contributed by atoms with Crippen molar-refractivity contribution < 1.29 is 4.79 Å². The lowest BCUT2D eigenvalue weighted by Gasteiger charge is -2.09. The van der Waals surface area contributed by atoms with Crippen LogP contribution in [0.1, 0.15) is 50.8 Å². The maximum Gasteiger partial charge on any atom is 0.324 e. The number of aromatic nitrogens is 4. The van der Waals surface area contributed by atoms with Gasteiger partial charge in [-0.2, -0.15) is 10.2 Å². The summed E-state index contributed by atoms with van der Waals surface area (Å²) in [6.45, 7) is 4.38. The molecular formula is C16H22N6O. The van der Waals surface area contributed by atoms with Gasteiger partial charge in [0.25, 0.3) is 0 Å². The Balaban J connectivity index is 1.33. The maximum absolute atomic E-state index is 12.1. The van der Waals surface area contributed by atoms with E-state index in [1.165, 1.54) is 19.3 Å². The molecule has 4 rings (SSSR count). The van der Waals surface area contributed by atoms with Crippen LogP contribution in [0.25, 0.3) is 0 Å². The predicted molar refractivity (Wildman–Crippen MR) is 87.4 cm³/mol. The molecule has 2 aromatic heterocycles. The van der Waals surface area contributed by atoms with E-state index in [2.05, 4.69) is 39.8 Å². The normalized spacial score (nSPS) is 24.3. The molecule has 0 bridgehead atoms. The minimum atomic E-state index is -0.300. The van der Waals surface area contributed by atoms with Gasteiger partial charge in [0, 0.05) is 23.9 Å². The number of hydrogen-bond acceptors (Lipinski definition) is 3. The molecule has 0 radical (unpaired) electrons. The molecule has 0 aliphatic heterocycles. The quantitative estimate of drug-likeness (QED) is 0.791. The number of rotatable bonds is 5. The van der Waals surface area contributed by atoms with Crippen LogP contribution in [0.15, 0.2) is 18.5 Å². The van der Waals surface area contributed by atoms with Gasteiger partial charge in [0.2, 0.25) is 0 Å². The highest BCUT2D eigenvalue weighted by Gasteiger charge is 2.35. The first-order valence-corrected chi connectivity index (χ1v) is 8.27. The van der Waals surface area contributed by atoms with Crippen LogP contribution >= 0.6 is 0 Å². The van der Waals surface area contributed by atoms with Crippen LogP contribution in [-0.4, -0.2) is 26.0 Å². The van der Waals surface area contributed by atoms with Gasteiger partial charge in [-0.1, -0.05) is 6.92 Å². The van der Waals surface area contributed by atoms with Crippen LogP contribution in [-0.2, 0) is 0 Å². The Kier molecular flexibility index (Phi) is 3.36. The van der Waals surface area contributed by atoms with Crippen LogP contribution in [0.4, 0.5) is 16.3 Å². The summed E-state index contributed by atoms with van der Waals surface area (Å²) in [7, 11) is 0. The third-order valence-corrected chi connectivity index (χ3v) is 4.93. The second-order valence-electron chi connectivity index (χ2n) is 6.89. The predicted octanol–water partition coefficient (Wildman–Crippen LogP) is 3.34. The molecule has 2 heterocycles. The van der Waals surface area contributed by atoms with Gasteiger partial charge in [0.05, 0.1) is 17.9 Å². The highest BCUT2D eigenvalue weighted by Crippen LogP contribution is 2.46. The van der Waals surface area contributed by atoms with Gasteiger partial charge >= 0.3 is 6.03 Å². The fraction of sp³-hybridized carbons (Fsp3) is 0.562. The third kappa shape index (κ3) is 3.09. The Morgan fingerprint density at radius 2 is 2.22 bits per heavy atom. The molecular weight excluding hydrogens is 292 g/mol. The summed E-state index contributed by atoms with van der Waals surface area (Å²) in [6.07, 6.45) is 7.29. The second kappa shape index (κ2) is 5.40. The van der Waals surface area contributed by atoms with Gasteiger partial charge in [-0.25, -0.2) is 4.79 Å². The lowest BCUT2D eigenvalue weighted by atomic mass is 10.2. The van der Waals surface area contributed by atoms with Crippen LogP contribution in [0.2, 0.25) is 0 Å². The number of carbonyl (C=O) groups is 1. The molecule has 122 valence electrons. The number of anilines is 2. The van der Waals surface area contributed by atoms with Gasteiger partial charge in [-0.05, 0) is 38.0 Å². The number of urea groups is 1. The van der Waals surface area contributed by atoms with E-state index in [1.54, 1.807) is 6.20 Å². The van der Waals surface area contributed by atoms with Gasteiger partial charge in [-0.15, -0.1) is 0 Å². The van der Waals surface area contributed by atoms with Crippen molar-refractivity contribution in [3.63, 3.8) is 0 Å². The lowest BCUT2D eigenvalue weighted by molar-refractivity contribution is 0.262. The number of nitrogens with zero attached hydrogens (tertiary/aromatic N) is 3. The summed E-state index contributed by atoms with van der Waals surface area (Å²) in [4.78, 5) is 12.1. The largest absolute Gasteiger partial charge is 0.324 e. The summed E-state index contributed by atoms with van der Waals surface area (Å²) >= 11 is 0. The molecule has 0 aromatic carbocycles. The van der Waals surface area contributed by atoms with Gasteiger partial charge in [0.1, 0.15) is 0 Å². The molecule has 3 N–H and O–H groups in total. The molecule has 2 aliphatic rings. The number of carbonyl (C=O) groups excluding carboxylic acids is 1. The minimum absolute atomic E-state index is 0.300. The Morgan fingerprint density at radius 3 is 2.91 bits per heavy atom. The number of amides is 2. The minimum Gasteiger partial charge on any atom is -0.305 e. The van der Waals surface area contributed by atoms with E-state index in [9.17, 15) is 4.79 Å². The van der Waals surface area contributed by atoms with Crippen molar-refractivity contribution in [3.8, 4) is 0 Å². The Labute approximate surface area is 134 Å². The highest BCUT2D eigenvalue weighted by molar-refractivity contribution is 5.98. The van der Waals surface area contributed by atoms with Crippen LogP contribution in [0, 0.1) is 11.8 Å². The van der Waals surface area contributed by atoms with Crippen LogP contribution in [0.3, 0.4) is 0 Å². The van der Waals surface area contributed by atoms with Crippen molar-refractivity contribution in [1.82, 2.24) is 20.0 Å². The molecule has 2 amide bonds. The van der Waals surface area contributed by atoms with Gasteiger partial charge in [0.15, 0.2) is 5.82 Å². The van der Waals surface area contributed by atoms with E-state index in [0.29, 0.717) is 29.4 Å². The number of H-pyrrole nitrogens is 1. The van der Waals surface area contributed by atoms with Crippen molar-refractivity contribution in [1.29, 1.82) is 0 Å². The van der Waals surface area contributed by atoms with Crippen molar-refractivity contribution in [3.05, 3.63) is 24.2 Å². The van der Waals surface area contributed by atoms with Crippen LogP contribution < -0.4 is 10.6 Å². The SMILES string of the molecule is C[C@@H]1C[C@@H]1c1cc(NC(=O)Nc2cnn([C@@H](C)C3CC3)c2)n[nH]1. The molecule has 7 nitrogen and oxygen atoms in total. The van der Waals surface area contributed by atoms with E-state index >= 15 is 0 Å². The van der Waals surface area contributed by atoms with E-state index in [0.717, 1.165) is 11.6 Å². The topological polar surface area (TPSA) is 87.6 Å². The Hall–Kier alpha value is -2.31. The zero-order valence-electron chi connectivity index (χ0n) is 13.4. The summed E-state index contributed by atoms with van der Waals surface area (Å²) in [5.74, 6) is 2.54. The summed E-state index contributed by atoms with van der Waals surface area (Å²) in [5, 5.41) is 17.0. The molecule has 2 saturated carbocycles. The zero-order valence-corrected chi connectivity index (χ0v) is 13.4. The van der Waals surface area contributed by atoms with Gasteiger partial charge < -0.3 is 5.32 Å². The van der Waals surface area contributed by atoms with Crippen LogP contribution in [0.5, 0.6) is 0 Å². The molecule has 2 aliphatic carbocycles. The summed E-state index contributed by atoms with van der Waals surface area (Å²) in [6, 6.07) is 2.00. The maximum atomic E-state index is 12.1. The molecule has 2 aromatic rings. The Morgan fingerprint density at radius 1 is 1.43 bits per heavy atom. The first-order valence-electron chi connectivity index (χ1n) is 8.27. The average Bonchev–Trinajstić information content (AvgIpc) is 3.40. The Bertz CT molecular complexity index is 716. The standard InChI is InChI=1S/C16H22N6O/c1-9-5-13(9)14-6-15(21-20-14)19-16(23)18-12-7-17-22(8-12)10(2)11-3-4-11/h6-11,13H,3-5H2,1-2H3,(H3,18,19,20,21,23)/t9-,10+,13+/m1/s1. The smallest absolute Gasteiger partial charge is 0.305 e. The second-order valence-corrected chi connectivity index (χ2v) is 6.89. The summed E-state index contributed by atoms with van der Waals surface area (Å²) in [5.41, 5.74) is 1.79.